The summed E-state index contributed by atoms with van der Waals surface area (Å²) in [5.41, 5.74) is 1.55. The van der Waals surface area contributed by atoms with Gasteiger partial charge in [-0.15, -0.1) is 18.0 Å². The molecule has 4 N–H and O–H groups in total. The van der Waals surface area contributed by atoms with Gasteiger partial charge >= 0.3 is 20.1 Å². The van der Waals surface area contributed by atoms with Crippen LogP contribution in [-0.4, -0.2) is 97.6 Å². The summed E-state index contributed by atoms with van der Waals surface area (Å²) in [6.45, 7) is 3.33. The molecule has 4 atom stereocenters. The van der Waals surface area contributed by atoms with Crippen molar-refractivity contribution in [3.05, 3.63) is 12.7 Å². The highest BCUT2D eigenvalue weighted by atomic mass is 35.5. The summed E-state index contributed by atoms with van der Waals surface area (Å²) < 4.78 is 54.9. The van der Waals surface area contributed by atoms with Gasteiger partial charge in [-0.1, -0.05) is 5.92 Å². The van der Waals surface area contributed by atoms with E-state index in [1.165, 1.54) is 10.9 Å². The van der Waals surface area contributed by atoms with E-state index in [9.17, 15) is 24.4 Å². The Labute approximate surface area is 250 Å². The van der Waals surface area contributed by atoms with Crippen molar-refractivity contribution < 1.29 is 61.6 Å². The lowest BCUT2D eigenvalue weighted by Crippen LogP contribution is -2.53. The Morgan fingerprint density at radius 3 is 2.23 bits per heavy atom. The van der Waals surface area contributed by atoms with Gasteiger partial charge in [0.05, 0.1) is 31.0 Å². The molecular weight excluding hydrogens is 621 g/mol. The van der Waals surface area contributed by atoms with Crippen LogP contribution in [0, 0.1) is 12.3 Å². The van der Waals surface area contributed by atoms with Crippen LogP contribution in [0.3, 0.4) is 0 Å². The molecule has 43 heavy (non-hydrogen) atoms. The summed E-state index contributed by atoms with van der Waals surface area (Å²) in [5, 5.41) is 22.6. The van der Waals surface area contributed by atoms with Gasteiger partial charge in [0.1, 0.15) is 23.5 Å². The zero-order valence-electron chi connectivity index (χ0n) is 23.4. The summed E-state index contributed by atoms with van der Waals surface area (Å²) >= 11 is 6.17. The zero-order chi connectivity index (χ0) is 32.0. The number of halogens is 1. The van der Waals surface area contributed by atoms with Crippen molar-refractivity contribution in [1.82, 2.24) is 19.5 Å². The number of fused-ring (bicyclic) bond motifs is 1. The Hall–Kier alpha value is -3.27. The Morgan fingerprint density at radius 1 is 1.14 bits per heavy atom. The number of terminal acetylenes is 1. The monoisotopic (exact) mass is 651 g/mol. The number of nitrogen functional groups attached to an aromatic ring is 1. The largest absolute Gasteiger partial charge is 0.510 e. The maximum Gasteiger partial charge on any atom is 0.510 e. The predicted octanol–water partition coefficient (Wildman–Crippen LogP) is 1.84. The number of aliphatic hydroxyl groups excluding tert-OH is 1. The first-order chi connectivity index (χ1) is 20.2. The summed E-state index contributed by atoms with van der Waals surface area (Å²) in [7, 11) is -4.82. The minimum atomic E-state index is -4.82. The number of aliphatic hydroxyl groups is 2. The molecule has 1 saturated heterocycles. The smallest absolute Gasteiger partial charge is 0.432 e. The first-order valence-corrected chi connectivity index (χ1v) is 14.4. The minimum absolute atomic E-state index is 0.0210. The lowest BCUT2D eigenvalue weighted by Gasteiger charge is -2.31. The number of phosphoric ester groups is 1. The first-order valence-electron chi connectivity index (χ1n) is 12.5. The molecule has 238 valence electrons. The third kappa shape index (κ3) is 7.82. The van der Waals surface area contributed by atoms with Crippen LogP contribution < -0.4 is 5.73 Å². The third-order valence-corrected chi connectivity index (χ3v) is 7.38. The molecule has 1 fully saturated rings. The summed E-state index contributed by atoms with van der Waals surface area (Å²) in [5.74, 6) is 1.52. The molecule has 2 aromatic heterocycles. The van der Waals surface area contributed by atoms with Gasteiger partial charge in [0.15, 0.2) is 23.3 Å². The van der Waals surface area contributed by atoms with E-state index in [2.05, 4.69) is 30.3 Å². The number of ether oxygens (including phenoxy) is 5. The van der Waals surface area contributed by atoms with Crippen molar-refractivity contribution >= 4 is 48.7 Å². The van der Waals surface area contributed by atoms with E-state index in [1.807, 2.05) is 0 Å². The molecule has 18 nitrogen and oxygen atoms in total. The second kappa shape index (κ2) is 14.0. The molecule has 0 saturated carbocycles. The number of nitrogens with two attached hydrogens (primary N) is 1. The fourth-order valence-corrected chi connectivity index (χ4v) is 4.91. The highest BCUT2D eigenvalue weighted by Gasteiger charge is 2.64. The SMILES string of the molecule is C#CC1(O)C(n2cnc3c(N)ncnc32)OC(CCl)(COP(=O)(OCOC(=O)OC(C)C)OCOC(=O)OC(C)C)C1O. The van der Waals surface area contributed by atoms with Crippen molar-refractivity contribution in [3.8, 4) is 12.3 Å². The van der Waals surface area contributed by atoms with Gasteiger partial charge in [-0.25, -0.2) is 38.2 Å². The van der Waals surface area contributed by atoms with Gasteiger partial charge in [-0.3, -0.25) is 9.09 Å². The fraction of sp³-hybridized carbons (Fsp3) is 0.609. The number of phosphoric acid groups is 1. The summed E-state index contributed by atoms with van der Waals surface area (Å²) in [6.07, 6.45) is 0.992. The van der Waals surface area contributed by atoms with Crippen molar-refractivity contribution in [1.29, 1.82) is 0 Å². The van der Waals surface area contributed by atoms with Crippen LogP contribution >= 0.6 is 19.4 Å². The van der Waals surface area contributed by atoms with E-state index in [0.717, 1.165) is 6.33 Å². The summed E-state index contributed by atoms with van der Waals surface area (Å²) in [4.78, 5) is 35.4. The maximum atomic E-state index is 13.4. The molecule has 0 bridgehead atoms. The van der Waals surface area contributed by atoms with E-state index in [1.54, 1.807) is 27.7 Å². The van der Waals surface area contributed by atoms with Gasteiger partial charge in [-0.2, -0.15) is 0 Å². The number of nitrogens with zero attached hydrogens (tertiary/aromatic N) is 4. The van der Waals surface area contributed by atoms with Crippen LogP contribution in [0.25, 0.3) is 11.2 Å². The average molecular weight is 652 g/mol. The molecule has 3 rings (SSSR count). The standard InChI is InChI=1S/C23H31ClN5O13P/c1-6-23(33)18(30)22(7-24,42-19(23)29-10-28-15-16(25)26-9-27-17(15)29)8-37-43(34,38-11-35-20(31)40-13(2)3)39-12-36-21(32)41-14(4)5/h1,9-10,13-14,18-19,30,33H,7-8,11-12H2,2-5H3,(H2,25,26,27). The number of aromatic nitrogens is 4. The van der Waals surface area contributed by atoms with Crippen LogP contribution in [0.1, 0.15) is 33.9 Å². The van der Waals surface area contributed by atoms with Crippen molar-refractivity contribution in [2.75, 3.05) is 31.8 Å². The van der Waals surface area contributed by atoms with Crippen LogP contribution in [0.15, 0.2) is 12.7 Å². The number of imidazole rings is 1. The third-order valence-electron chi connectivity index (χ3n) is 5.64. The van der Waals surface area contributed by atoms with Crippen molar-refractivity contribution in [2.45, 2.75) is 63.4 Å². The lowest BCUT2D eigenvalue weighted by atomic mass is 9.88. The molecule has 3 heterocycles. The van der Waals surface area contributed by atoms with Gasteiger partial charge in [-0.05, 0) is 27.7 Å². The molecule has 1 aliphatic heterocycles. The number of rotatable bonds is 13. The van der Waals surface area contributed by atoms with Crippen LogP contribution in [0.4, 0.5) is 15.4 Å². The Balaban J connectivity index is 1.83. The molecule has 1 aliphatic rings. The number of anilines is 1. The Kier molecular flexibility index (Phi) is 11.2. The highest BCUT2D eigenvalue weighted by molar-refractivity contribution is 7.48. The van der Waals surface area contributed by atoms with Crippen molar-refractivity contribution in [3.63, 3.8) is 0 Å². The fourth-order valence-electron chi connectivity index (χ4n) is 3.66. The average Bonchev–Trinajstić information content (AvgIpc) is 3.45. The number of alkyl halides is 1. The van der Waals surface area contributed by atoms with Gasteiger partial charge in [0, 0.05) is 0 Å². The first kappa shape index (κ1) is 34.2. The molecule has 0 spiro atoms. The molecule has 4 unspecified atom stereocenters. The lowest BCUT2D eigenvalue weighted by molar-refractivity contribution is -0.118. The highest BCUT2D eigenvalue weighted by Crippen LogP contribution is 2.53. The van der Waals surface area contributed by atoms with E-state index in [0.29, 0.717) is 0 Å². The molecule has 0 aliphatic carbocycles. The molecule has 2 aromatic rings. The topological polar surface area (TPSA) is 235 Å². The number of carbonyl (C=O) groups is 2. The van der Waals surface area contributed by atoms with Gasteiger partial charge < -0.3 is 39.6 Å². The van der Waals surface area contributed by atoms with Gasteiger partial charge in [0.25, 0.3) is 0 Å². The number of hydrogen-bond acceptors (Lipinski definition) is 17. The molecule has 0 amide bonds. The van der Waals surface area contributed by atoms with E-state index < -0.39 is 81.9 Å². The van der Waals surface area contributed by atoms with Crippen LogP contribution in [0.2, 0.25) is 0 Å². The van der Waals surface area contributed by atoms with Gasteiger partial charge in [0.2, 0.25) is 13.6 Å². The zero-order valence-corrected chi connectivity index (χ0v) is 25.1. The van der Waals surface area contributed by atoms with Crippen molar-refractivity contribution in [2.24, 2.45) is 0 Å². The second-order valence-corrected chi connectivity index (χ2v) is 11.4. The Bertz CT molecular complexity index is 1360. The Morgan fingerprint density at radius 2 is 1.72 bits per heavy atom. The summed E-state index contributed by atoms with van der Waals surface area (Å²) in [6, 6.07) is 0. The molecule has 0 aromatic carbocycles. The second-order valence-electron chi connectivity index (χ2n) is 9.46. The molecular formula is C23H31ClN5O13P. The number of carbonyl (C=O) groups excluding carboxylic acids is 2. The quantitative estimate of drug-likeness (QED) is 0.0920. The molecule has 20 heteroatoms. The van der Waals surface area contributed by atoms with Crippen LogP contribution in [-0.2, 0) is 41.8 Å². The predicted molar refractivity (Wildman–Crippen MR) is 144 cm³/mol. The normalized spacial score (nSPS) is 23.8. The van der Waals surface area contributed by atoms with E-state index >= 15 is 0 Å². The van der Waals surface area contributed by atoms with E-state index in [4.69, 9.17) is 51.5 Å². The van der Waals surface area contributed by atoms with E-state index in [-0.39, 0.29) is 17.0 Å². The number of hydrogen-bond donors (Lipinski definition) is 3. The minimum Gasteiger partial charge on any atom is -0.432 e. The van der Waals surface area contributed by atoms with Crippen LogP contribution in [0.5, 0.6) is 0 Å². The maximum absolute atomic E-state index is 13.4. The molecule has 0 radical (unpaired) electrons.